The van der Waals surface area contributed by atoms with Crippen LogP contribution in [-0.4, -0.2) is 65.8 Å². The summed E-state index contributed by atoms with van der Waals surface area (Å²) in [6, 6.07) is -1.13. The molecule has 1 fully saturated rings. The van der Waals surface area contributed by atoms with E-state index in [-0.39, 0.29) is 24.1 Å². The van der Waals surface area contributed by atoms with Gasteiger partial charge in [0, 0.05) is 19.6 Å². The van der Waals surface area contributed by atoms with Crippen molar-refractivity contribution >= 4 is 12.0 Å². The maximum Gasteiger partial charge on any atom is 0.328 e. The van der Waals surface area contributed by atoms with Gasteiger partial charge in [-0.1, -0.05) is 20.8 Å². The van der Waals surface area contributed by atoms with Gasteiger partial charge >= 0.3 is 12.0 Å². The van der Waals surface area contributed by atoms with E-state index in [4.69, 9.17) is 9.84 Å². The van der Waals surface area contributed by atoms with Gasteiger partial charge < -0.3 is 19.6 Å². The van der Waals surface area contributed by atoms with Gasteiger partial charge in [0.2, 0.25) is 0 Å². The van der Waals surface area contributed by atoms with Crippen molar-refractivity contribution in [2.75, 3.05) is 26.8 Å². The number of rotatable bonds is 2. The predicted octanol–water partition coefficient (Wildman–Crippen LogP) is 1.26. The molecule has 1 heterocycles. The molecule has 19 heavy (non-hydrogen) atoms. The van der Waals surface area contributed by atoms with E-state index in [2.05, 4.69) is 20.8 Å². The first kappa shape index (κ1) is 15.8. The Balaban J connectivity index is 2.82. The molecule has 1 rings (SSSR count). The first-order chi connectivity index (χ1) is 8.66. The summed E-state index contributed by atoms with van der Waals surface area (Å²) in [5.74, 6) is -1.02. The lowest BCUT2D eigenvalue weighted by molar-refractivity contribution is -0.147. The Kier molecular flexibility index (Phi) is 4.79. The van der Waals surface area contributed by atoms with Crippen LogP contribution >= 0.6 is 0 Å². The molecule has 110 valence electrons. The second-order valence-electron chi connectivity index (χ2n) is 6.06. The highest BCUT2D eigenvalue weighted by atomic mass is 16.5. The van der Waals surface area contributed by atoms with Crippen LogP contribution in [0.25, 0.3) is 0 Å². The van der Waals surface area contributed by atoms with E-state index in [1.807, 2.05) is 6.92 Å². The SMILES string of the molecule is CC(N(C)C(=O)N1CCOCC1C(=O)O)C(C)(C)C. The van der Waals surface area contributed by atoms with Crippen molar-refractivity contribution < 1.29 is 19.4 Å². The molecule has 0 saturated carbocycles. The molecule has 0 aromatic rings. The standard InChI is InChI=1S/C13H24N2O4/c1-9(13(2,3)4)14(5)12(18)15-6-7-19-8-10(15)11(16)17/h9-10H,6-8H2,1-5H3,(H,16,17). The highest BCUT2D eigenvalue weighted by Gasteiger charge is 2.37. The molecular formula is C13H24N2O4. The smallest absolute Gasteiger partial charge is 0.328 e. The van der Waals surface area contributed by atoms with Crippen LogP contribution in [0.15, 0.2) is 0 Å². The van der Waals surface area contributed by atoms with Crippen molar-refractivity contribution in [3.63, 3.8) is 0 Å². The number of carboxylic acid groups (broad SMARTS) is 1. The number of carbonyl (C=O) groups is 2. The second-order valence-corrected chi connectivity index (χ2v) is 6.06. The monoisotopic (exact) mass is 272 g/mol. The third-order valence-electron chi connectivity index (χ3n) is 3.80. The zero-order valence-corrected chi connectivity index (χ0v) is 12.3. The molecule has 0 bridgehead atoms. The number of urea groups is 1. The van der Waals surface area contributed by atoms with E-state index in [1.54, 1.807) is 11.9 Å². The fraction of sp³-hybridized carbons (Fsp3) is 0.846. The van der Waals surface area contributed by atoms with E-state index < -0.39 is 12.0 Å². The van der Waals surface area contributed by atoms with E-state index >= 15 is 0 Å². The van der Waals surface area contributed by atoms with Crippen LogP contribution in [0.5, 0.6) is 0 Å². The van der Waals surface area contributed by atoms with Gasteiger partial charge in [-0.25, -0.2) is 9.59 Å². The molecule has 0 spiro atoms. The van der Waals surface area contributed by atoms with Crippen LogP contribution in [0.1, 0.15) is 27.7 Å². The summed E-state index contributed by atoms with van der Waals surface area (Å²) in [5, 5.41) is 9.15. The minimum absolute atomic E-state index is 0.0114. The first-order valence-electron chi connectivity index (χ1n) is 6.50. The number of aliphatic carboxylic acids is 1. The summed E-state index contributed by atoms with van der Waals surface area (Å²) in [5.41, 5.74) is -0.0601. The van der Waals surface area contributed by atoms with Gasteiger partial charge in [-0.15, -0.1) is 0 Å². The molecule has 1 saturated heterocycles. The maximum absolute atomic E-state index is 12.4. The molecule has 0 aliphatic carbocycles. The highest BCUT2D eigenvalue weighted by Crippen LogP contribution is 2.24. The third-order valence-corrected chi connectivity index (χ3v) is 3.80. The Bertz CT molecular complexity index is 351. The molecule has 2 unspecified atom stereocenters. The van der Waals surface area contributed by atoms with Crippen molar-refractivity contribution in [1.29, 1.82) is 0 Å². The fourth-order valence-electron chi connectivity index (χ4n) is 1.99. The minimum Gasteiger partial charge on any atom is -0.480 e. The Morgan fingerprint density at radius 1 is 1.42 bits per heavy atom. The normalized spacial score (nSPS) is 21.9. The van der Waals surface area contributed by atoms with Crippen molar-refractivity contribution in [2.45, 2.75) is 39.8 Å². The lowest BCUT2D eigenvalue weighted by atomic mass is 9.87. The summed E-state index contributed by atoms with van der Waals surface area (Å²) in [6.07, 6.45) is 0. The lowest BCUT2D eigenvalue weighted by Crippen LogP contribution is -2.58. The van der Waals surface area contributed by atoms with Crippen LogP contribution in [0.2, 0.25) is 0 Å². The number of ether oxygens (including phenoxy) is 1. The van der Waals surface area contributed by atoms with E-state index in [9.17, 15) is 9.59 Å². The van der Waals surface area contributed by atoms with Crippen molar-refractivity contribution in [1.82, 2.24) is 9.80 Å². The Morgan fingerprint density at radius 2 is 2.00 bits per heavy atom. The molecule has 6 nitrogen and oxygen atoms in total. The number of hydrogen-bond acceptors (Lipinski definition) is 3. The third kappa shape index (κ3) is 3.59. The van der Waals surface area contributed by atoms with Gasteiger partial charge in [0.1, 0.15) is 0 Å². The molecule has 2 atom stereocenters. The maximum atomic E-state index is 12.4. The van der Waals surface area contributed by atoms with Crippen LogP contribution in [0.3, 0.4) is 0 Å². The number of hydrogen-bond donors (Lipinski definition) is 1. The average molecular weight is 272 g/mol. The van der Waals surface area contributed by atoms with Crippen molar-refractivity contribution in [2.24, 2.45) is 5.41 Å². The Morgan fingerprint density at radius 3 is 2.47 bits per heavy atom. The van der Waals surface area contributed by atoms with E-state index in [0.29, 0.717) is 13.2 Å². The summed E-state index contributed by atoms with van der Waals surface area (Å²) < 4.78 is 5.14. The number of carbonyl (C=O) groups excluding carboxylic acids is 1. The van der Waals surface area contributed by atoms with Gasteiger partial charge in [0.25, 0.3) is 0 Å². The van der Waals surface area contributed by atoms with Gasteiger partial charge in [0.05, 0.1) is 13.2 Å². The molecular weight excluding hydrogens is 248 g/mol. The number of nitrogens with zero attached hydrogens (tertiary/aromatic N) is 2. The lowest BCUT2D eigenvalue weighted by Gasteiger charge is -2.41. The summed E-state index contributed by atoms with van der Waals surface area (Å²) in [6.45, 7) is 8.87. The molecule has 0 aromatic carbocycles. The zero-order valence-electron chi connectivity index (χ0n) is 12.3. The second kappa shape index (κ2) is 5.77. The molecule has 6 heteroatoms. The molecule has 0 aromatic heterocycles. The van der Waals surface area contributed by atoms with Crippen molar-refractivity contribution in [3.05, 3.63) is 0 Å². The summed E-state index contributed by atoms with van der Waals surface area (Å²) in [7, 11) is 1.71. The molecule has 1 aliphatic rings. The summed E-state index contributed by atoms with van der Waals surface area (Å²) >= 11 is 0. The summed E-state index contributed by atoms with van der Waals surface area (Å²) in [4.78, 5) is 26.6. The number of amides is 2. The average Bonchev–Trinajstić information content (AvgIpc) is 2.34. The van der Waals surface area contributed by atoms with Crippen molar-refractivity contribution in [3.8, 4) is 0 Å². The Labute approximate surface area is 114 Å². The molecule has 2 amide bonds. The van der Waals surface area contributed by atoms with Crippen LogP contribution < -0.4 is 0 Å². The van der Waals surface area contributed by atoms with E-state index in [0.717, 1.165) is 0 Å². The highest BCUT2D eigenvalue weighted by molar-refractivity contribution is 5.83. The fourth-order valence-corrected chi connectivity index (χ4v) is 1.99. The molecule has 1 aliphatic heterocycles. The van der Waals surface area contributed by atoms with Crippen LogP contribution in [-0.2, 0) is 9.53 Å². The van der Waals surface area contributed by atoms with Gasteiger partial charge in [0.15, 0.2) is 6.04 Å². The molecule has 1 N–H and O–H groups in total. The minimum atomic E-state index is -1.02. The first-order valence-corrected chi connectivity index (χ1v) is 6.50. The van der Waals surface area contributed by atoms with Gasteiger partial charge in [-0.3, -0.25) is 0 Å². The van der Waals surface area contributed by atoms with Gasteiger partial charge in [-0.05, 0) is 12.3 Å². The van der Waals surface area contributed by atoms with Crippen LogP contribution in [0, 0.1) is 5.41 Å². The zero-order chi connectivity index (χ0) is 14.8. The van der Waals surface area contributed by atoms with Gasteiger partial charge in [-0.2, -0.15) is 0 Å². The topological polar surface area (TPSA) is 70.1 Å². The number of carboxylic acids is 1. The van der Waals surface area contributed by atoms with E-state index in [1.165, 1.54) is 4.90 Å². The predicted molar refractivity (Wildman–Crippen MR) is 71.0 cm³/mol. The molecule has 0 radical (unpaired) electrons. The quantitative estimate of drug-likeness (QED) is 0.821. The van der Waals surface area contributed by atoms with Crippen LogP contribution in [0.4, 0.5) is 4.79 Å². The largest absolute Gasteiger partial charge is 0.480 e. The Hall–Kier alpha value is -1.30. The number of morpholine rings is 1.